The fourth-order valence-electron chi connectivity index (χ4n) is 5.13. The van der Waals surface area contributed by atoms with E-state index in [1.165, 1.54) is 11.3 Å². The number of furan rings is 1. The second kappa shape index (κ2) is 12.6. The largest absolute Gasteiger partial charge is 0.497 e. The molecule has 2 aromatic heterocycles. The zero-order chi connectivity index (χ0) is 31.5. The van der Waals surface area contributed by atoms with E-state index < -0.39 is 6.04 Å². The summed E-state index contributed by atoms with van der Waals surface area (Å²) in [6, 6.07) is 26.2. The van der Waals surface area contributed by atoms with E-state index in [4.69, 9.17) is 18.9 Å². The van der Waals surface area contributed by atoms with Crippen molar-refractivity contribution >= 4 is 35.0 Å². The van der Waals surface area contributed by atoms with Crippen LogP contribution in [0.15, 0.2) is 116 Å². The second-order valence-electron chi connectivity index (χ2n) is 10.2. The Kier molecular flexibility index (Phi) is 8.30. The van der Waals surface area contributed by atoms with E-state index in [1.54, 1.807) is 92.3 Å². The van der Waals surface area contributed by atoms with Crippen LogP contribution in [-0.4, -0.2) is 30.2 Å². The zero-order valence-electron chi connectivity index (χ0n) is 24.8. The smallest absolute Gasteiger partial charge is 0.338 e. The topological polar surface area (TPSA) is 112 Å². The van der Waals surface area contributed by atoms with Crippen molar-refractivity contribution in [3.63, 3.8) is 0 Å². The molecule has 6 rings (SSSR count). The molecule has 1 amide bonds. The number of esters is 1. The molecule has 10 heteroatoms. The maximum Gasteiger partial charge on any atom is 0.338 e. The van der Waals surface area contributed by atoms with E-state index in [9.17, 15) is 14.4 Å². The Morgan fingerprint density at radius 3 is 2.42 bits per heavy atom. The Hall–Kier alpha value is -5.48. The van der Waals surface area contributed by atoms with Gasteiger partial charge in [0.05, 0.1) is 41.1 Å². The number of ether oxygens (including phenoxy) is 2. The fraction of sp³-hybridized carbons (Fsp3) is 0.143. The molecule has 9 nitrogen and oxygen atoms in total. The first kappa shape index (κ1) is 29.6. The molecule has 1 atom stereocenters. The van der Waals surface area contributed by atoms with Crippen molar-refractivity contribution in [2.75, 3.05) is 19.0 Å². The number of anilines is 1. The SMILES string of the molecule is CCOC(=O)c1ccc(-c2ccc(C=c3sc4n(c3=O)C(c3ccc(OC)cc3)C(C(=O)Nc3ccccc3)=C(C)N=4)o2)cc1. The zero-order valence-corrected chi connectivity index (χ0v) is 25.6. The number of carbonyl (C=O) groups is 2. The van der Waals surface area contributed by atoms with Gasteiger partial charge in [-0.3, -0.25) is 14.2 Å². The van der Waals surface area contributed by atoms with Gasteiger partial charge in [0.15, 0.2) is 4.80 Å². The number of hydrogen-bond acceptors (Lipinski definition) is 8. The third-order valence-electron chi connectivity index (χ3n) is 7.31. The summed E-state index contributed by atoms with van der Waals surface area (Å²) in [4.78, 5) is 44.9. The molecule has 0 aliphatic carbocycles. The van der Waals surface area contributed by atoms with Gasteiger partial charge >= 0.3 is 5.97 Å². The first-order valence-corrected chi connectivity index (χ1v) is 15.1. The van der Waals surface area contributed by atoms with E-state index in [1.807, 2.05) is 30.3 Å². The monoisotopic (exact) mass is 619 g/mol. The van der Waals surface area contributed by atoms with Crippen LogP contribution in [0.2, 0.25) is 0 Å². The van der Waals surface area contributed by atoms with Crippen LogP contribution >= 0.6 is 11.3 Å². The van der Waals surface area contributed by atoms with Crippen molar-refractivity contribution in [3.05, 3.63) is 139 Å². The van der Waals surface area contributed by atoms with Crippen LogP contribution in [0.3, 0.4) is 0 Å². The Labute approximate surface area is 262 Å². The number of benzene rings is 3. The number of allylic oxidation sites excluding steroid dienone is 1. The molecule has 3 heterocycles. The van der Waals surface area contributed by atoms with Crippen molar-refractivity contribution in [1.82, 2.24) is 4.57 Å². The highest BCUT2D eigenvalue weighted by Gasteiger charge is 2.32. The first-order valence-electron chi connectivity index (χ1n) is 14.3. The van der Waals surface area contributed by atoms with Gasteiger partial charge in [-0.2, -0.15) is 0 Å². The minimum atomic E-state index is -0.719. The standard InChI is InChI=1S/C35H29N3O6S/c1-4-43-34(41)24-12-10-22(11-13-24)28-19-18-27(44-28)20-29-33(40)38-31(23-14-16-26(42-3)17-15-23)30(21(2)36-35(38)45-29)32(39)37-25-8-6-5-7-9-25/h5-20,31H,4H2,1-3H3,(H,37,39). The second-order valence-corrected chi connectivity index (χ2v) is 11.2. The van der Waals surface area contributed by atoms with Gasteiger partial charge in [-0.05, 0) is 67.9 Å². The molecule has 0 radical (unpaired) electrons. The summed E-state index contributed by atoms with van der Waals surface area (Å²) in [5, 5.41) is 2.95. The van der Waals surface area contributed by atoms with Gasteiger partial charge in [-0.15, -0.1) is 0 Å². The maximum absolute atomic E-state index is 14.0. The van der Waals surface area contributed by atoms with E-state index >= 15 is 0 Å². The highest BCUT2D eigenvalue weighted by Crippen LogP contribution is 2.32. The van der Waals surface area contributed by atoms with Gasteiger partial charge in [-0.25, -0.2) is 9.79 Å². The van der Waals surface area contributed by atoms with Gasteiger partial charge in [0, 0.05) is 17.3 Å². The molecule has 0 bridgehead atoms. The van der Waals surface area contributed by atoms with Crippen LogP contribution in [-0.2, 0) is 9.53 Å². The van der Waals surface area contributed by atoms with Crippen LogP contribution in [0, 0.1) is 0 Å². The molecule has 5 aromatic rings. The lowest BCUT2D eigenvalue weighted by Crippen LogP contribution is -2.40. The predicted molar refractivity (Wildman–Crippen MR) is 172 cm³/mol. The molecule has 0 spiro atoms. The van der Waals surface area contributed by atoms with Crippen molar-refractivity contribution in [1.29, 1.82) is 0 Å². The number of rotatable bonds is 8. The molecule has 1 N–H and O–H groups in total. The van der Waals surface area contributed by atoms with Crippen LogP contribution in [0.4, 0.5) is 5.69 Å². The quantitative estimate of drug-likeness (QED) is 0.236. The number of thiazole rings is 1. The van der Waals surface area contributed by atoms with E-state index in [0.29, 0.717) is 55.7 Å². The summed E-state index contributed by atoms with van der Waals surface area (Å²) in [5.74, 6) is 0.983. The van der Waals surface area contributed by atoms with E-state index in [0.717, 1.165) is 11.1 Å². The van der Waals surface area contributed by atoms with Crippen molar-refractivity contribution in [2.24, 2.45) is 4.99 Å². The molecule has 1 aliphatic rings. The number of nitrogens with zero attached hydrogens (tertiary/aromatic N) is 2. The normalized spacial score (nSPS) is 14.5. The minimum Gasteiger partial charge on any atom is -0.497 e. The van der Waals surface area contributed by atoms with Gasteiger partial charge in [-0.1, -0.05) is 53.8 Å². The summed E-state index contributed by atoms with van der Waals surface area (Å²) < 4.78 is 18.4. The summed E-state index contributed by atoms with van der Waals surface area (Å²) in [6.07, 6.45) is 1.68. The van der Waals surface area contributed by atoms with Crippen molar-refractivity contribution < 1.29 is 23.5 Å². The Morgan fingerprint density at radius 1 is 1.00 bits per heavy atom. The Balaban J connectivity index is 1.38. The summed E-state index contributed by atoms with van der Waals surface area (Å²) in [6.45, 7) is 3.84. The molecule has 3 aromatic carbocycles. The average Bonchev–Trinajstić information content (AvgIpc) is 3.65. The summed E-state index contributed by atoms with van der Waals surface area (Å²) in [7, 11) is 1.58. The third kappa shape index (κ3) is 6.00. The first-order chi connectivity index (χ1) is 21.9. The molecule has 1 aliphatic heterocycles. The van der Waals surface area contributed by atoms with Crippen LogP contribution in [0.1, 0.15) is 41.6 Å². The number of aromatic nitrogens is 1. The molecule has 226 valence electrons. The van der Waals surface area contributed by atoms with Crippen LogP contribution < -0.4 is 24.9 Å². The summed E-state index contributed by atoms with van der Waals surface area (Å²) >= 11 is 1.23. The number of hydrogen-bond donors (Lipinski definition) is 1. The van der Waals surface area contributed by atoms with Crippen LogP contribution in [0.5, 0.6) is 5.75 Å². The van der Waals surface area contributed by atoms with Crippen molar-refractivity contribution in [2.45, 2.75) is 19.9 Å². The third-order valence-corrected chi connectivity index (χ3v) is 8.29. The number of para-hydroxylation sites is 1. The van der Waals surface area contributed by atoms with Gasteiger partial charge in [0.25, 0.3) is 11.5 Å². The van der Waals surface area contributed by atoms with Crippen molar-refractivity contribution in [3.8, 4) is 17.1 Å². The number of nitrogens with one attached hydrogen (secondary N) is 1. The number of methoxy groups -OCH3 is 1. The highest BCUT2D eigenvalue weighted by molar-refractivity contribution is 7.07. The lowest BCUT2D eigenvalue weighted by atomic mass is 9.95. The van der Waals surface area contributed by atoms with Gasteiger partial charge in [0.1, 0.15) is 17.3 Å². The predicted octanol–water partition coefficient (Wildman–Crippen LogP) is 5.32. The van der Waals surface area contributed by atoms with Gasteiger partial charge < -0.3 is 19.2 Å². The number of fused-ring (bicyclic) bond motifs is 1. The molecule has 0 saturated carbocycles. The number of carbonyl (C=O) groups excluding carboxylic acids is 2. The molecule has 0 saturated heterocycles. The fourth-order valence-corrected chi connectivity index (χ4v) is 6.16. The summed E-state index contributed by atoms with van der Waals surface area (Å²) in [5.41, 5.74) is 3.19. The lowest BCUT2D eigenvalue weighted by Gasteiger charge is -2.25. The Morgan fingerprint density at radius 2 is 1.73 bits per heavy atom. The average molecular weight is 620 g/mol. The maximum atomic E-state index is 14.0. The van der Waals surface area contributed by atoms with E-state index in [2.05, 4.69) is 5.32 Å². The molecule has 1 unspecified atom stereocenters. The molecule has 0 fully saturated rings. The molecular formula is C35H29N3O6S. The Bertz CT molecular complexity index is 2090. The minimum absolute atomic E-state index is 0.297. The molecule has 45 heavy (non-hydrogen) atoms. The number of amides is 1. The highest BCUT2D eigenvalue weighted by atomic mass is 32.1. The molecular weight excluding hydrogens is 590 g/mol. The van der Waals surface area contributed by atoms with Crippen LogP contribution in [0.25, 0.3) is 17.4 Å². The van der Waals surface area contributed by atoms with Gasteiger partial charge in [0.2, 0.25) is 0 Å². The van der Waals surface area contributed by atoms with E-state index in [-0.39, 0.29) is 17.4 Å². The lowest BCUT2D eigenvalue weighted by molar-refractivity contribution is -0.113.